The molecule has 88 valence electrons. The maximum absolute atomic E-state index is 6.09. The summed E-state index contributed by atoms with van der Waals surface area (Å²) in [6, 6.07) is 11.0. The van der Waals surface area contributed by atoms with Crippen molar-refractivity contribution in [3.8, 4) is 0 Å². The fourth-order valence-corrected chi connectivity index (χ4v) is 2.39. The van der Waals surface area contributed by atoms with Crippen molar-refractivity contribution in [3.05, 3.63) is 50.9 Å². The van der Waals surface area contributed by atoms with Crippen LogP contribution in [-0.4, -0.2) is 0 Å². The second-order valence-electron chi connectivity index (χ2n) is 3.46. The van der Waals surface area contributed by atoms with Crippen LogP contribution in [0.15, 0.2) is 40.9 Å². The van der Waals surface area contributed by atoms with Crippen molar-refractivity contribution in [1.29, 1.82) is 0 Å². The molecule has 2 rings (SSSR count). The highest BCUT2D eigenvalue weighted by Crippen LogP contribution is 2.36. The van der Waals surface area contributed by atoms with E-state index in [2.05, 4.69) is 21.2 Å². The van der Waals surface area contributed by atoms with Gasteiger partial charge in [-0.05, 0) is 40.2 Å². The third kappa shape index (κ3) is 2.86. The van der Waals surface area contributed by atoms with Crippen LogP contribution in [0.2, 0.25) is 10.0 Å². The lowest BCUT2D eigenvalue weighted by Gasteiger charge is -2.12. The lowest BCUT2D eigenvalue weighted by Crippen LogP contribution is -1.95. The van der Waals surface area contributed by atoms with Crippen LogP contribution in [0.3, 0.4) is 0 Å². The molecular formula is C12H9BrCl2N2. The molecule has 3 N–H and O–H groups in total. The zero-order valence-corrected chi connectivity index (χ0v) is 11.8. The number of nitrogen functional groups attached to an aromatic ring is 1. The molecule has 0 unspecified atom stereocenters. The minimum absolute atomic E-state index is 0.491. The smallest absolute Gasteiger partial charge is 0.0764 e. The predicted octanol–water partition coefficient (Wildman–Crippen LogP) is 5.08. The normalized spacial score (nSPS) is 10.3. The van der Waals surface area contributed by atoms with E-state index in [9.17, 15) is 0 Å². The van der Waals surface area contributed by atoms with Gasteiger partial charge in [0.05, 0.1) is 21.4 Å². The van der Waals surface area contributed by atoms with E-state index in [1.807, 2.05) is 24.3 Å². The number of hydrogen-bond donors (Lipinski definition) is 2. The predicted molar refractivity (Wildman–Crippen MR) is 78.3 cm³/mol. The first-order chi connectivity index (χ1) is 8.08. The Kier molecular flexibility index (Phi) is 3.82. The standard InChI is InChI=1S/C12H9BrCl2N2/c13-8-3-1-2-4-11(8)17-12-9(14)5-7(16)6-10(12)15/h1-6,17H,16H2. The van der Waals surface area contributed by atoms with Gasteiger partial charge in [-0.2, -0.15) is 0 Å². The summed E-state index contributed by atoms with van der Waals surface area (Å²) >= 11 is 15.6. The summed E-state index contributed by atoms with van der Waals surface area (Å²) in [5.41, 5.74) is 7.72. The van der Waals surface area contributed by atoms with Crippen molar-refractivity contribution in [1.82, 2.24) is 0 Å². The van der Waals surface area contributed by atoms with Gasteiger partial charge < -0.3 is 11.1 Å². The summed E-state index contributed by atoms with van der Waals surface area (Å²) in [6.45, 7) is 0. The number of benzene rings is 2. The quantitative estimate of drug-likeness (QED) is 0.753. The molecule has 0 saturated carbocycles. The van der Waals surface area contributed by atoms with E-state index in [0.29, 0.717) is 21.4 Å². The van der Waals surface area contributed by atoms with E-state index in [0.717, 1.165) is 10.2 Å². The van der Waals surface area contributed by atoms with E-state index >= 15 is 0 Å². The highest BCUT2D eigenvalue weighted by molar-refractivity contribution is 9.10. The Morgan fingerprint density at radius 1 is 1.06 bits per heavy atom. The van der Waals surface area contributed by atoms with E-state index < -0.39 is 0 Å². The largest absolute Gasteiger partial charge is 0.399 e. The first-order valence-electron chi connectivity index (χ1n) is 4.84. The molecule has 0 fully saturated rings. The van der Waals surface area contributed by atoms with E-state index in [1.165, 1.54) is 0 Å². The third-order valence-electron chi connectivity index (χ3n) is 2.20. The topological polar surface area (TPSA) is 38.0 Å². The Morgan fingerprint density at radius 2 is 1.65 bits per heavy atom. The van der Waals surface area contributed by atoms with Gasteiger partial charge in [0, 0.05) is 10.2 Å². The summed E-state index contributed by atoms with van der Waals surface area (Å²) in [6.07, 6.45) is 0. The van der Waals surface area contributed by atoms with E-state index in [-0.39, 0.29) is 0 Å². The maximum Gasteiger partial charge on any atom is 0.0764 e. The zero-order chi connectivity index (χ0) is 12.4. The number of para-hydroxylation sites is 1. The van der Waals surface area contributed by atoms with Crippen molar-refractivity contribution in [2.45, 2.75) is 0 Å². The van der Waals surface area contributed by atoms with Gasteiger partial charge in [-0.3, -0.25) is 0 Å². The Bertz CT molecular complexity index is 535. The van der Waals surface area contributed by atoms with Gasteiger partial charge in [-0.15, -0.1) is 0 Å². The van der Waals surface area contributed by atoms with Gasteiger partial charge in [-0.1, -0.05) is 35.3 Å². The van der Waals surface area contributed by atoms with Gasteiger partial charge in [0.1, 0.15) is 0 Å². The van der Waals surface area contributed by atoms with Crippen LogP contribution >= 0.6 is 39.1 Å². The zero-order valence-electron chi connectivity index (χ0n) is 8.68. The molecule has 2 aromatic carbocycles. The molecule has 0 heterocycles. The number of hydrogen-bond acceptors (Lipinski definition) is 2. The number of nitrogens with two attached hydrogens (primary N) is 1. The van der Waals surface area contributed by atoms with Crippen LogP contribution < -0.4 is 11.1 Å². The molecule has 5 heteroatoms. The molecule has 0 bridgehead atoms. The minimum atomic E-state index is 0.491. The molecule has 0 saturated heterocycles. The molecule has 0 radical (unpaired) electrons. The summed E-state index contributed by atoms with van der Waals surface area (Å²) in [4.78, 5) is 0. The van der Waals surface area contributed by atoms with Crippen LogP contribution in [-0.2, 0) is 0 Å². The first-order valence-corrected chi connectivity index (χ1v) is 6.39. The van der Waals surface area contributed by atoms with Crippen molar-refractivity contribution < 1.29 is 0 Å². The number of anilines is 3. The average molecular weight is 332 g/mol. The molecule has 2 aromatic rings. The second-order valence-corrected chi connectivity index (χ2v) is 5.13. The SMILES string of the molecule is Nc1cc(Cl)c(Nc2ccccc2Br)c(Cl)c1. The highest BCUT2D eigenvalue weighted by Gasteiger charge is 2.08. The van der Waals surface area contributed by atoms with Crippen molar-refractivity contribution >= 4 is 56.2 Å². The van der Waals surface area contributed by atoms with Crippen molar-refractivity contribution in [2.75, 3.05) is 11.1 Å². The molecule has 17 heavy (non-hydrogen) atoms. The summed E-state index contributed by atoms with van der Waals surface area (Å²) in [5, 5.41) is 4.15. The number of nitrogens with one attached hydrogen (secondary N) is 1. The van der Waals surface area contributed by atoms with Gasteiger partial charge in [-0.25, -0.2) is 0 Å². The van der Waals surface area contributed by atoms with Gasteiger partial charge in [0.15, 0.2) is 0 Å². The number of halogens is 3. The van der Waals surface area contributed by atoms with Gasteiger partial charge in [0.25, 0.3) is 0 Å². The highest BCUT2D eigenvalue weighted by atomic mass is 79.9. The average Bonchev–Trinajstić information content (AvgIpc) is 2.25. The van der Waals surface area contributed by atoms with E-state index in [1.54, 1.807) is 12.1 Å². The molecule has 0 spiro atoms. The minimum Gasteiger partial charge on any atom is -0.399 e. The summed E-state index contributed by atoms with van der Waals surface area (Å²) in [7, 11) is 0. The Labute approximate surface area is 118 Å². The monoisotopic (exact) mass is 330 g/mol. The van der Waals surface area contributed by atoms with Crippen LogP contribution in [0.25, 0.3) is 0 Å². The fourth-order valence-electron chi connectivity index (χ4n) is 1.41. The van der Waals surface area contributed by atoms with Crippen LogP contribution in [0.5, 0.6) is 0 Å². The number of rotatable bonds is 2. The second kappa shape index (κ2) is 5.17. The van der Waals surface area contributed by atoms with Gasteiger partial charge >= 0.3 is 0 Å². The Hall–Kier alpha value is -0.900. The molecule has 0 atom stereocenters. The Morgan fingerprint density at radius 3 is 2.24 bits per heavy atom. The first kappa shape index (κ1) is 12.6. The van der Waals surface area contributed by atoms with E-state index in [4.69, 9.17) is 28.9 Å². The molecule has 2 nitrogen and oxygen atoms in total. The Balaban J connectivity index is 2.40. The van der Waals surface area contributed by atoms with Crippen LogP contribution in [0.4, 0.5) is 17.1 Å². The van der Waals surface area contributed by atoms with Crippen molar-refractivity contribution in [3.63, 3.8) is 0 Å². The van der Waals surface area contributed by atoms with Crippen molar-refractivity contribution in [2.24, 2.45) is 0 Å². The maximum atomic E-state index is 6.09. The summed E-state index contributed by atoms with van der Waals surface area (Å²) < 4.78 is 0.934. The summed E-state index contributed by atoms with van der Waals surface area (Å²) in [5.74, 6) is 0. The molecule has 0 aliphatic heterocycles. The lowest BCUT2D eigenvalue weighted by atomic mass is 10.2. The van der Waals surface area contributed by atoms with Crippen LogP contribution in [0.1, 0.15) is 0 Å². The molecule has 0 aliphatic carbocycles. The fraction of sp³-hybridized carbons (Fsp3) is 0. The molecule has 0 aromatic heterocycles. The molecule has 0 aliphatic rings. The lowest BCUT2D eigenvalue weighted by molar-refractivity contribution is 1.52. The molecular weight excluding hydrogens is 323 g/mol. The third-order valence-corrected chi connectivity index (χ3v) is 3.49. The van der Waals surface area contributed by atoms with Crippen LogP contribution in [0, 0.1) is 0 Å². The molecule has 0 amide bonds. The van der Waals surface area contributed by atoms with Gasteiger partial charge in [0.2, 0.25) is 0 Å².